The lowest BCUT2D eigenvalue weighted by atomic mass is 9.84. The fraction of sp³-hybridized carbons (Fsp3) is 0.250. The highest BCUT2D eigenvalue weighted by Crippen LogP contribution is 2.38. The van der Waals surface area contributed by atoms with E-state index >= 15 is 0 Å². The van der Waals surface area contributed by atoms with Crippen molar-refractivity contribution < 1.29 is 4.39 Å². The van der Waals surface area contributed by atoms with E-state index < -0.39 is 0 Å². The van der Waals surface area contributed by atoms with Gasteiger partial charge in [-0.05, 0) is 42.2 Å². The first-order chi connectivity index (χ1) is 8.75. The highest BCUT2D eigenvalue weighted by molar-refractivity contribution is 5.62. The van der Waals surface area contributed by atoms with Gasteiger partial charge in [0.25, 0.3) is 0 Å². The number of hydrogen-bond donors (Lipinski definition) is 1. The van der Waals surface area contributed by atoms with Gasteiger partial charge in [0.05, 0.1) is 0 Å². The van der Waals surface area contributed by atoms with Gasteiger partial charge < -0.3 is 5.32 Å². The Morgan fingerprint density at radius 1 is 1.17 bits per heavy atom. The maximum atomic E-state index is 13.4. The minimum Gasteiger partial charge on any atom is -0.385 e. The van der Waals surface area contributed by atoms with E-state index in [0.717, 1.165) is 18.5 Å². The molecular formula is C16H16FN. The Hall–Kier alpha value is -1.83. The highest BCUT2D eigenvalue weighted by atomic mass is 19.1. The lowest BCUT2D eigenvalue weighted by Crippen LogP contribution is -2.18. The van der Waals surface area contributed by atoms with Crippen LogP contribution < -0.4 is 5.32 Å². The van der Waals surface area contributed by atoms with Crippen molar-refractivity contribution >= 4 is 5.69 Å². The first-order valence-electron chi connectivity index (χ1n) is 6.34. The molecule has 1 unspecified atom stereocenters. The van der Waals surface area contributed by atoms with Crippen LogP contribution in [-0.2, 0) is 0 Å². The summed E-state index contributed by atoms with van der Waals surface area (Å²) in [5, 5.41) is 3.45. The molecule has 0 spiro atoms. The standard InChI is InChI=1S/C16H16FN/c1-11-4-2-7-15-14(8-9-18-16(11)15)12-5-3-6-13(17)10-12/h2-7,10,14,18H,8-9H2,1H3. The minimum atomic E-state index is -0.153. The molecule has 0 saturated heterocycles. The van der Waals surface area contributed by atoms with Crippen LogP contribution in [0.5, 0.6) is 0 Å². The molecule has 1 atom stereocenters. The number of fused-ring (bicyclic) bond motifs is 1. The molecule has 2 heteroatoms. The minimum absolute atomic E-state index is 0.153. The molecular weight excluding hydrogens is 225 g/mol. The molecule has 1 aliphatic heterocycles. The third kappa shape index (κ3) is 1.88. The zero-order valence-corrected chi connectivity index (χ0v) is 10.4. The number of benzene rings is 2. The molecule has 18 heavy (non-hydrogen) atoms. The van der Waals surface area contributed by atoms with E-state index in [9.17, 15) is 4.39 Å². The van der Waals surface area contributed by atoms with Gasteiger partial charge in [-0.3, -0.25) is 0 Å². The van der Waals surface area contributed by atoms with Crippen LogP contribution in [0.3, 0.4) is 0 Å². The predicted molar refractivity (Wildman–Crippen MR) is 72.5 cm³/mol. The molecule has 0 bridgehead atoms. The number of aryl methyl sites for hydroxylation is 1. The summed E-state index contributed by atoms with van der Waals surface area (Å²) in [5.74, 6) is 0.150. The van der Waals surface area contributed by atoms with E-state index in [4.69, 9.17) is 0 Å². The van der Waals surface area contributed by atoms with E-state index in [0.29, 0.717) is 5.92 Å². The summed E-state index contributed by atoms with van der Waals surface area (Å²) >= 11 is 0. The molecule has 2 aromatic rings. The normalized spacial score (nSPS) is 18.0. The fourth-order valence-electron chi connectivity index (χ4n) is 2.79. The Kier molecular flexibility index (Phi) is 2.78. The number of hydrogen-bond acceptors (Lipinski definition) is 1. The maximum Gasteiger partial charge on any atom is 0.123 e. The molecule has 1 nitrogen and oxygen atoms in total. The zero-order chi connectivity index (χ0) is 12.5. The molecule has 0 aliphatic carbocycles. The van der Waals surface area contributed by atoms with E-state index in [1.807, 2.05) is 6.07 Å². The average Bonchev–Trinajstić information content (AvgIpc) is 2.39. The molecule has 1 heterocycles. The molecule has 0 fully saturated rings. The van der Waals surface area contributed by atoms with Gasteiger partial charge in [-0.25, -0.2) is 4.39 Å². The predicted octanol–water partition coefficient (Wildman–Crippen LogP) is 4.08. The van der Waals surface area contributed by atoms with Gasteiger partial charge in [0.15, 0.2) is 0 Å². The van der Waals surface area contributed by atoms with E-state index in [-0.39, 0.29) is 5.82 Å². The number of rotatable bonds is 1. The maximum absolute atomic E-state index is 13.4. The second-order valence-electron chi connectivity index (χ2n) is 4.86. The van der Waals surface area contributed by atoms with Crippen LogP contribution in [0, 0.1) is 12.7 Å². The van der Waals surface area contributed by atoms with Crippen LogP contribution >= 0.6 is 0 Å². The van der Waals surface area contributed by atoms with Gasteiger partial charge in [0.1, 0.15) is 5.82 Å². The number of anilines is 1. The van der Waals surface area contributed by atoms with E-state index in [2.05, 4.69) is 30.4 Å². The molecule has 0 radical (unpaired) electrons. The second-order valence-corrected chi connectivity index (χ2v) is 4.86. The van der Waals surface area contributed by atoms with Crippen molar-refractivity contribution in [3.63, 3.8) is 0 Å². The summed E-state index contributed by atoms with van der Waals surface area (Å²) in [6, 6.07) is 13.3. The van der Waals surface area contributed by atoms with Gasteiger partial charge in [0, 0.05) is 18.2 Å². The number of nitrogens with one attached hydrogen (secondary N) is 1. The Morgan fingerprint density at radius 3 is 2.83 bits per heavy atom. The molecule has 1 aliphatic rings. The smallest absolute Gasteiger partial charge is 0.123 e. The largest absolute Gasteiger partial charge is 0.385 e. The molecule has 0 saturated carbocycles. The van der Waals surface area contributed by atoms with E-state index in [1.54, 1.807) is 12.1 Å². The zero-order valence-electron chi connectivity index (χ0n) is 10.4. The van der Waals surface area contributed by atoms with Crippen LogP contribution in [-0.4, -0.2) is 6.54 Å². The lowest BCUT2D eigenvalue weighted by Gasteiger charge is -2.28. The quantitative estimate of drug-likeness (QED) is 0.793. The summed E-state index contributed by atoms with van der Waals surface area (Å²) in [5.41, 5.74) is 4.84. The molecule has 3 rings (SSSR count). The Labute approximate surface area is 107 Å². The number of halogens is 1. The fourth-order valence-corrected chi connectivity index (χ4v) is 2.79. The van der Waals surface area contributed by atoms with Crippen molar-refractivity contribution in [3.05, 3.63) is 65.0 Å². The molecule has 1 N–H and O–H groups in total. The van der Waals surface area contributed by atoms with Gasteiger partial charge in [-0.15, -0.1) is 0 Å². The van der Waals surface area contributed by atoms with Crippen molar-refractivity contribution in [2.45, 2.75) is 19.3 Å². The molecule has 2 aromatic carbocycles. The first-order valence-corrected chi connectivity index (χ1v) is 6.34. The van der Waals surface area contributed by atoms with Crippen LogP contribution in [0.4, 0.5) is 10.1 Å². The molecule has 0 aromatic heterocycles. The van der Waals surface area contributed by atoms with Gasteiger partial charge in [-0.2, -0.15) is 0 Å². The topological polar surface area (TPSA) is 12.0 Å². The van der Waals surface area contributed by atoms with Gasteiger partial charge in [-0.1, -0.05) is 30.3 Å². The van der Waals surface area contributed by atoms with Crippen LogP contribution in [0.25, 0.3) is 0 Å². The Bertz CT molecular complexity index is 577. The summed E-state index contributed by atoms with van der Waals surface area (Å²) in [6.07, 6.45) is 1.01. The van der Waals surface area contributed by atoms with Gasteiger partial charge >= 0.3 is 0 Å². The Morgan fingerprint density at radius 2 is 2.00 bits per heavy atom. The summed E-state index contributed by atoms with van der Waals surface area (Å²) in [6.45, 7) is 3.05. The van der Waals surface area contributed by atoms with Crippen molar-refractivity contribution in [2.24, 2.45) is 0 Å². The van der Waals surface area contributed by atoms with Gasteiger partial charge in [0.2, 0.25) is 0 Å². The lowest BCUT2D eigenvalue weighted by molar-refractivity contribution is 0.620. The summed E-state index contributed by atoms with van der Waals surface area (Å²) in [4.78, 5) is 0. The average molecular weight is 241 g/mol. The first kappa shape index (κ1) is 11.3. The van der Waals surface area contributed by atoms with Crippen molar-refractivity contribution in [2.75, 3.05) is 11.9 Å². The van der Waals surface area contributed by atoms with Crippen LogP contribution in [0.15, 0.2) is 42.5 Å². The van der Waals surface area contributed by atoms with Crippen molar-refractivity contribution in [3.8, 4) is 0 Å². The summed E-state index contributed by atoms with van der Waals surface area (Å²) in [7, 11) is 0. The van der Waals surface area contributed by atoms with Crippen molar-refractivity contribution in [1.29, 1.82) is 0 Å². The van der Waals surface area contributed by atoms with Crippen LogP contribution in [0.2, 0.25) is 0 Å². The van der Waals surface area contributed by atoms with Crippen molar-refractivity contribution in [1.82, 2.24) is 0 Å². The SMILES string of the molecule is Cc1cccc2c1NCCC2c1cccc(F)c1. The third-order valence-electron chi connectivity index (χ3n) is 3.67. The monoisotopic (exact) mass is 241 g/mol. The van der Waals surface area contributed by atoms with E-state index in [1.165, 1.54) is 22.9 Å². The third-order valence-corrected chi connectivity index (χ3v) is 3.67. The molecule has 92 valence electrons. The summed E-state index contributed by atoms with van der Waals surface area (Å²) < 4.78 is 13.4. The van der Waals surface area contributed by atoms with Crippen LogP contribution in [0.1, 0.15) is 29.0 Å². The molecule has 0 amide bonds. The Balaban J connectivity index is 2.09. The second kappa shape index (κ2) is 4.45. The number of para-hydroxylation sites is 1. The highest BCUT2D eigenvalue weighted by Gasteiger charge is 2.22.